The number of benzene rings is 2. The summed E-state index contributed by atoms with van der Waals surface area (Å²) in [7, 11) is 0. The van der Waals surface area contributed by atoms with Gasteiger partial charge < -0.3 is 19.5 Å². The van der Waals surface area contributed by atoms with Gasteiger partial charge in [-0.05, 0) is 74.8 Å². The fraction of sp³-hybridized carbons (Fsp3) is 0.385. The normalized spacial score (nSPS) is 16.8. The lowest BCUT2D eigenvalue weighted by atomic mass is 10.0. The highest BCUT2D eigenvalue weighted by Crippen LogP contribution is 2.39. The monoisotopic (exact) mass is 447 g/mol. The molecule has 1 aliphatic heterocycles. The summed E-state index contributed by atoms with van der Waals surface area (Å²) in [4.78, 5) is 15.5. The van der Waals surface area contributed by atoms with Crippen molar-refractivity contribution in [1.29, 1.82) is 0 Å². The fourth-order valence-corrected chi connectivity index (χ4v) is 5.33. The topological polar surface area (TPSA) is 46.5 Å². The van der Waals surface area contributed by atoms with Gasteiger partial charge in [0.05, 0.1) is 18.2 Å². The second kappa shape index (κ2) is 8.58. The molecule has 5 nitrogen and oxygen atoms in total. The summed E-state index contributed by atoms with van der Waals surface area (Å²) in [6, 6.07) is 14.3. The third-order valence-electron chi connectivity index (χ3n) is 6.62. The summed E-state index contributed by atoms with van der Waals surface area (Å²) in [5.41, 5.74) is 5.44. The van der Waals surface area contributed by atoms with Crippen molar-refractivity contribution in [1.82, 2.24) is 9.47 Å². The van der Waals surface area contributed by atoms with E-state index in [2.05, 4.69) is 33.8 Å². The van der Waals surface area contributed by atoms with E-state index in [-0.39, 0.29) is 11.5 Å². The first kappa shape index (κ1) is 21.0. The molecule has 1 aromatic heterocycles. The van der Waals surface area contributed by atoms with Gasteiger partial charge >= 0.3 is 0 Å². The van der Waals surface area contributed by atoms with Gasteiger partial charge in [-0.1, -0.05) is 25.0 Å². The Morgan fingerprint density at radius 1 is 1.19 bits per heavy atom. The van der Waals surface area contributed by atoms with Gasteiger partial charge in [-0.15, -0.1) is 0 Å². The predicted molar refractivity (Wildman–Crippen MR) is 134 cm³/mol. The average molecular weight is 448 g/mol. The van der Waals surface area contributed by atoms with Crippen LogP contribution < -0.4 is 15.5 Å². The molecule has 2 aromatic carbocycles. The molecule has 0 unspecified atom stereocenters. The van der Waals surface area contributed by atoms with Crippen LogP contribution in [0.15, 0.2) is 47.3 Å². The minimum atomic E-state index is 0.147. The van der Waals surface area contributed by atoms with Gasteiger partial charge in [0.2, 0.25) is 0 Å². The molecule has 0 amide bonds. The van der Waals surface area contributed by atoms with Crippen molar-refractivity contribution in [2.45, 2.75) is 52.1 Å². The smallest absolute Gasteiger partial charge is 0.192 e. The van der Waals surface area contributed by atoms with E-state index in [0.29, 0.717) is 5.11 Å². The average Bonchev–Trinajstić information content (AvgIpc) is 3.24. The standard InChI is InChI=1S/C26H29N3O2S/c1-3-4-15-31-19-8-6-18(7-9-19)27-26(32)29-14-13-28-22-11-5-17(2)16-21(22)25(30)20-10-12-23(29)24(20)28/h5-9,11,16,23H,3-4,10,12-15H2,1-2H3,(H,27,32)/t23-/m0/s1. The Labute approximate surface area is 194 Å². The number of fused-ring (bicyclic) bond motifs is 2. The lowest BCUT2D eigenvalue weighted by molar-refractivity contribution is 0.263. The summed E-state index contributed by atoms with van der Waals surface area (Å²) >= 11 is 5.81. The van der Waals surface area contributed by atoms with E-state index in [1.807, 2.05) is 37.3 Å². The number of unbranched alkanes of at least 4 members (excludes halogenated alkanes) is 1. The first-order valence-electron chi connectivity index (χ1n) is 11.5. The molecule has 2 heterocycles. The highest BCUT2D eigenvalue weighted by Gasteiger charge is 2.37. The van der Waals surface area contributed by atoms with Gasteiger partial charge in [-0.3, -0.25) is 4.79 Å². The maximum absolute atomic E-state index is 13.2. The van der Waals surface area contributed by atoms with E-state index in [1.165, 1.54) is 0 Å². The zero-order chi connectivity index (χ0) is 22.2. The van der Waals surface area contributed by atoms with Crippen LogP contribution in [0.3, 0.4) is 0 Å². The van der Waals surface area contributed by atoms with Crippen LogP contribution in [-0.4, -0.2) is 27.7 Å². The maximum Gasteiger partial charge on any atom is 0.192 e. The Bertz CT molecular complexity index is 1230. The van der Waals surface area contributed by atoms with Gasteiger partial charge in [-0.25, -0.2) is 0 Å². The van der Waals surface area contributed by atoms with Crippen LogP contribution in [-0.2, 0) is 13.0 Å². The minimum absolute atomic E-state index is 0.147. The van der Waals surface area contributed by atoms with Crippen LogP contribution in [0.25, 0.3) is 10.9 Å². The molecule has 0 saturated heterocycles. The molecule has 0 radical (unpaired) electrons. The molecule has 32 heavy (non-hydrogen) atoms. The minimum Gasteiger partial charge on any atom is -0.494 e. The SMILES string of the molecule is CCCCOc1ccc(NC(=S)N2CCn3c4c(c(=O)c5cc(C)ccc53)CC[C@@H]42)cc1. The highest BCUT2D eigenvalue weighted by molar-refractivity contribution is 7.80. The summed E-state index contributed by atoms with van der Waals surface area (Å²) in [6.07, 6.45) is 3.91. The molecule has 5 rings (SSSR count). The molecule has 0 fully saturated rings. The van der Waals surface area contributed by atoms with Crippen molar-refractivity contribution in [3.05, 3.63) is 69.5 Å². The largest absolute Gasteiger partial charge is 0.494 e. The molecule has 3 aromatic rings. The molecule has 0 saturated carbocycles. The van der Waals surface area contributed by atoms with E-state index in [0.717, 1.165) is 84.5 Å². The van der Waals surface area contributed by atoms with Crippen LogP contribution in [0, 0.1) is 6.92 Å². The number of pyridine rings is 1. The zero-order valence-corrected chi connectivity index (χ0v) is 19.5. The molecule has 0 bridgehead atoms. The van der Waals surface area contributed by atoms with E-state index < -0.39 is 0 Å². The van der Waals surface area contributed by atoms with E-state index in [4.69, 9.17) is 17.0 Å². The van der Waals surface area contributed by atoms with Crippen molar-refractivity contribution in [2.75, 3.05) is 18.5 Å². The quantitative estimate of drug-likeness (QED) is 0.431. The number of thiocarbonyl (C=S) groups is 1. The van der Waals surface area contributed by atoms with Crippen LogP contribution in [0.1, 0.15) is 49.0 Å². The van der Waals surface area contributed by atoms with E-state index >= 15 is 0 Å². The first-order valence-corrected chi connectivity index (χ1v) is 11.9. The van der Waals surface area contributed by atoms with Crippen molar-refractivity contribution >= 4 is 33.9 Å². The van der Waals surface area contributed by atoms with Crippen molar-refractivity contribution in [3.8, 4) is 5.75 Å². The van der Waals surface area contributed by atoms with Crippen molar-refractivity contribution in [3.63, 3.8) is 0 Å². The number of hydrogen-bond acceptors (Lipinski definition) is 3. The van der Waals surface area contributed by atoms with E-state index in [9.17, 15) is 4.79 Å². The summed E-state index contributed by atoms with van der Waals surface area (Å²) < 4.78 is 8.11. The second-order valence-corrected chi connectivity index (χ2v) is 9.16. The first-order chi connectivity index (χ1) is 15.6. The number of ether oxygens (including phenoxy) is 1. The molecule has 6 heteroatoms. The van der Waals surface area contributed by atoms with Crippen LogP contribution in [0.4, 0.5) is 5.69 Å². The summed E-state index contributed by atoms with van der Waals surface area (Å²) in [5.74, 6) is 0.878. The molecule has 1 aliphatic carbocycles. The molecule has 1 atom stereocenters. The van der Waals surface area contributed by atoms with Gasteiger partial charge in [-0.2, -0.15) is 0 Å². The van der Waals surface area contributed by atoms with Gasteiger partial charge in [0.15, 0.2) is 10.5 Å². The van der Waals surface area contributed by atoms with Crippen LogP contribution in [0.5, 0.6) is 5.75 Å². The van der Waals surface area contributed by atoms with E-state index in [1.54, 1.807) is 0 Å². The Morgan fingerprint density at radius 2 is 2.00 bits per heavy atom. The number of anilines is 1. The Hall–Kier alpha value is -2.86. The second-order valence-electron chi connectivity index (χ2n) is 8.77. The van der Waals surface area contributed by atoms with Crippen LogP contribution in [0.2, 0.25) is 0 Å². The number of hydrogen-bond donors (Lipinski definition) is 1. The third-order valence-corrected chi connectivity index (χ3v) is 6.96. The number of nitrogens with zero attached hydrogens (tertiary/aromatic N) is 2. The van der Waals surface area contributed by atoms with Crippen molar-refractivity contribution in [2.24, 2.45) is 0 Å². The number of aromatic nitrogens is 1. The molecule has 2 aliphatic rings. The van der Waals surface area contributed by atoms with Crippen molar-refractivity contribution < 1.29 is 4.74 Å². The fourth-order valence-electron chi connectivity index (χ4n) is 4.99. The zero-order valence-electron chi connectivity index (χ0n) is 18.7. The van der Waals surface area contributed by atoms with Gasteiger partial charge in [0.1, 0.15) is 5.75 Å². The summed E-state index contributed by atoms with van der Waals surface area (Å²) in [6.45, 7) is 6.59. The molecule has 0 spiro atoms. The number of rotatable bonds is 5. The van der Waals surface area contributed by atoms with Gasteiger partial charge in [0, 0.05) is 35.4 Å². The number of aryl methyl sites for hydroxylation is 1. The third kappa shape index (κ3) is 3.66. The lowest BCUT2D eigenvalue weighted by Gasteiger charge is -2.38. The van der Waals surface area contributed by atoms with Crippen LogP contribution >= 0.6 is 12.2 Å². The maximum atomic E-state index is 13.2. The Morgan fingerprint density at radius 3 is 2.78 bits per heavy atom. The summed E-state index contributed by atoms with van der Waals surface area (Å²) in [5, 5.41) is 4.96. The molecular weight excluding hydrogens is 418 g/mol. The Balaban J connectivity index is 1.37. The predicted octanol–water partition coefficient (Wildman–Crippen LogP) is 5.19. The molecule has 1 N–H and O–H groups in total. The highest BCUT2D eigenvalue weighted by atomic mass is 32.1. The Kier molecular flexibility index (Phi) is 5.64. The lowest BCUT2D eigenvalue weighted by Crippen LogP contribution is -2.44. The molecule has 166 valence electrons. The van der Waals surface area contributed by atoms with Gasteiger partial charge in [0.25, 0.3) is 0 Å². The molecular formula is C26H29N3O2S. The number of nitrogens with one attached hydrogen (secondary N) is 1.